The lowest BCUT2D eigenvalue weighted by Crippen LogP contribution is -2.32. The molecule has 0 saturated heterocycles. The monoisotopic (exact) mass is 221 g/mol. The molecule has 2 nitrogen and oxygen atoms in total. The highest BCUT2D eigenvalue weighted by Gasteiger charge is 2.15. The van der Waals surface area contributed by atoms with Crippen molar-refractivity contribution in [2.24, 2.45) is 5.41 Å². The third-order valence-electron chi connectivity index (χ3n) is 2.98. The molecule has 0 spiro atoms. The minimum atomic E-state index is -0.0450. The molecule has 0 fully saturated rings. The molecule has 1 aromatic carbocycles. The molecule has 2 heteroatoms. The van der Waals surface area contributed by atoms with Crippen molar-refractivity contribution in [2.75, 3.05) is 13.2 Å². The summed E-state index contributed by atoms with van der Waals surface area (Å²) in [6.45, 7) is 10.3. The maximum atomic E-state index is 9.16. The summed E-state index contributed by atoms with van der Waals surface area (Å²) in [6, 6.07) is 6.37. The molecule has 0 amide bonds. The van der Waals surface area contributed by atoms with Crippen molar-refractivity contribution in [3.63, 3.8) is 0 Å². The van der Waals surface area contributed by atoms with Crippen LogP contribution < -0.4 is 5.32 Å². The molecule has 0 heterocycles. The van der Waals surface area contributed by atoms with Gasteiger partial charge in [-0.2, -0.15) is 0 Å². The van der Waals surface area contributed by atoms with E-state index >= 15 is 0 Å². The fourth-order valence-electron chi connectivity index (χ4n) is 1.71. The fourth-order valence-corrected chi connectivity index (χ4v) is 1.71. The third-order valence-corrected chi connectivity index (χ3v) is 2.98. The number of nitrogens with one attached hydrogen (secondary N) is 1. The molecule has 0 unspecified atom stereocenters. The number of aryl methyl sites for hydroxylation is 2. The average Bonchev–Trinajstić information content (AvgIpc) is 2.22. The second kappa shape index (κ2) is 5.46. The molecule has 1 rings (SSSR count). The Morgan fingerprint density at radius 3 is 2.25 bits per heavy atom. The van der Waals surface area contributed by atoms with Gasteiger partial charge in [-0.25, -0.2) is 0 Å². The van der Waals surface area contributed by atoms with Gasteiger partial charge in [0.1, 0.15) is 0 Å². The Morgan fingerprint density at radius 1 is 1.19 bits per heavy atom. The smallest absolute Gasteiger partial charge is 0.0494 e. The number of benzene rings is 1. The van der Waals surface area contributed by atoms with E-state index in [9.17, 15) is 0 Å². The molecule has 16 heavy (non-hydrogen) atoms. The van der Waals surface area contributed by atoms with Gasteiger partial charge in [-0.05, 0) is 30.5 Å². The Bertz CT molecular complexity index is 324. The van der Waals surface area contributed by atoms with Gasteiger partial charge in [0.25, 0.3) is 0 Å². The van der Waals surface area contributed by atoms with Crippen LogP contribution >= 0.6 is 0 Å². The molecule has 1 aromatic rings. The number of hydrogen-bond acceptors (Lipinski definition) is 2. The highest BCUT2D eigenvalue weighted by Crippen LogP contribution is 2.15. The van der Waals surface area contributed by atoms with Crippen LogP contribution in [0, 0.1) is 19.3 Å². The van der Waals surface area contributed by atoms with Crippen molar-refractivity contribution in [2.45, 2.75) is 34.2 Å². The number of aliphatic hydroxyl groups is 1. The summed E-state index contributed by atoms with van der Waals surface area (Å²) in [4.78, 5) is 0. The van der Waals surface area contributed by atoms with E-state index in [4.69, 9.17) is 5.11 Å². The van der Waals surface area contributed by atoms with Gasteiger partial charge in [0.05, 0.1) is 0 Å². The second-order valence-electron chi connectivity index (χ2n) is 5.30. The number of aliphatic hydroxyl groups excluding tert-OH is 1. The minimum Gasteiger partial charge on any atom is -0.396 e. The van der Waals surface area contributed by atoms with Crippen LogP contribution in [0.1, 0.15) is 30.5 Å². The fraction of sp³-hybridized carbons (Fsp3) is 0.571. The molecule has 90 valence electrons. The van der Waals surface area contributed by atoms with Crippen LogP contribution in [0.3, 0.4) is 0 Å². The van der Waals surface area contributed by atoms with E-state index in [1.54, 1.807) is 0 Å². The van der Waals surface area contributed by atoms with E-state index in [2.05, 4.69) is 51.2 Å². The normalized spacial score (nSPS) is 11.8. The van der Waals surface area contributed by atoms with E-state index < -0.39 is 0 Å². The molecule has 0 bridgehead atoms. The Kier molecular flexibility index (Phi) is 4.51. The zero-order valence-corrected chi connectivity index (χ0v) is 10.8. The van der Waals surface area contributed by atoms with Crippen LogP contribution in [0.2, 0.25) is 0 Å². The molecule has 0 saturated carbocycles. The highest BCUT2D eigenvalue weighted by atomic mass is 16.3. The van der Waals surface area contributed by atoms with Crippen molar-refractivity contribution in [1.82, 2.24) is 5.32 Å². The molecule has 0 aliphatic carbocycles. The predicted molar refractivity (Wildman–Crippen MR) is 68.5 cm³/mol. The van der Waals surface area contributed by atoms with Gasteiger partial charge in [-0.3, -0.25) is 0 Å². The Balaban J connectivity index is 2.56. The van der Waals surface area contributed by atoms with Gasteiger partial charge < -0.3 is 10.4 Å². The first-order valence-corrected chi connectivity index (χ1v) is 5.83. The van der Waals surface area contributed by atoms with Gasteiger partial charge >= 0.3 is 0 Å². The van der Waals surface area contributed by atoms with Gasteiger partial charge in [0.15, 0.2) is 0 Å². The van der Waals surface area contributed by atoms with E-state index in [1.807, 2.05) is 0 Å². The van der Waals surface area contributed by atoms with Gasteiger partial charge in [-0.1, -0.05) is 32.0 Å². The van der Waals surface area contributed by atoms with Crippen LogP contribution in [0.5, 0.6) is 0 Å². The van der Waals surface area contributed by atoms with Crippen LogP contribution in [0.15, 0.2) is 18.2 Å². The SMILES string of the molecule is Cc1cccc(C)c1CNCC(C)(C)CO. The van der Waals surface area contributed by atoms with Crippen molar-refractivity contribution in [3.05, 3.63) is 34.9 Å². The van der Waals surface area contributed by atoms with E-state index in [0.717, 1.165) is 13.1 Å². The molecule has 0 aromatic heterocycles. The maximum Gasteiger partial charge on any atom is 0.0494 e. The van der Waals surface area contributed by atoms with E-state index in [-0.39, 0.29) is 12.0 Å². The summed E-state index contributed by atoms with van der Waals surface area (Å²) in [6.07, 6.45) is 0. The largest absolute Gasteiger partial charge is 0.396 e. The quantitative estimate of drug-likeness (QED) is 0.800. The van der Waals surface area contributed by atoms with Gasteiger partial charge in [-0.15, -0.1) is 0 Å². The Morgan fingerprint density at radius 2 is 1.75 bits per heavy atom. The van der Waals surface area contributed by atoms with Crippen molar-refractivity contribution >= 4 is 0 Å². The average molecular weight is 221 g/mol. The molecule has 0 aliphatic heterocycles. The van der Waals surface area contributed by atoms with Crippen molar-refractivity contribution < 1.29 is 5.11 Å². The summed E-state index contributed by atoms with van der Waals surface area (Å²) in [5.41, 5.74) is 3.98. The standard InChI is InChI=1S/C14H23NO/c1-11-6-5-7-12(2)13(11)8-15-9-14(3,4)10-16/h5-7,15-16H,8-10H2,1-4H3. The molecular formula is C14H23NO. The van der Waals surface area contributed by atoms with Crippen LogP contribution in [-0.4, -0.2) is 18.3 Å². The first-order chi connectivity index (χ1) is 7.46. The summed E-state index contributed by atoms with van der Waals surface area (Å²) in [5.74, 6) is 0. The summed E-state index contributed by atoms with van der Waals surface area (Å²) < 4.78 is 0. The molecule has 0 aliphatic rings. The summed E-state index contributed by atoms with van der Waals surface area (Å²) in [5, 5.41) is 12.6. The molecule has 0 radical (unpaired) electrons. The second-order valence-corrected chi connectivity index (χ2v) is 5.30. The predicted octanol–water partition coefficient (Wildman–Crippen LogP) is 2.41. The molecular weight excluding hydrogens is 198 g/mol. The lowest BCUT2D eigenvalue weighted by atomic mass is 9.94. The van der Waals surface area contributed by atoms with Gasteiger partial charge in [0.2, 0.25) is 0 Å². The maximum absolute atomic E-state index is 9.16. The zero-order chi connectivity index (χ0) is 12.2. The molecule has 2 N–H and O–H groups in total. The lowest BCUT2D eigenvalue weighted by molar-refractivity contribution is 0.156. The van der Waals surface area contributed by atoms with Crippen LogP contribution in [0.25, 0.3) is 0 Å². The highest BCUT2D eigenvalue weighted by molar-refractivity contribution is 5.33. The number of rotatable bonds is 5. The van der Waals surface area contributed by atoms with Gasteiger partial charge in [0, 0.05) is 25.1 Å². The van der Waals surface area contributed by atoms with Crippen molar-refractivity contribution in [3.8, 4) is 0 Å². The van der Waals surface area contributed by atoms with E-state index in [0.29, 0.717) is 0 Å². The van der Waals surface area contributed by atoms with E-state index in [1.165, 1.54) is 16.7 Å². The first-order valence-electron chi connectivity index (χ1n) is 5.83. The Hall–Kier alpha value is -0.860. The first kappa shape index (κ1) is 13.2. The number of hydrogen-bond donors (Lipinski definition) is 2. The molecule has 0 atom stereocenters. The minimum absolute atomic E-state index is 0.0450. The lowest BCUT2D eigenvalue weighted by Gasteiger charge is -2.22. The Labute approximate surface area is 98.7 Å². The summed E-state index contributed by atoms with van der Waals surface area (Å²) >= 11 is 0. The topological polar surface area (TPSA) is 32.3 Å². The van der Waals surface area contributed by atoms with Crippen LogP contribution in [0.4, 0.5) is 0 Å². The zero-order valence-electron chi connectivity index (χ0n) is 10.8. The van der Waals surface area contributed by atoms with Crippen molar-refractivity contribution in [1.29, 1.82) is 0 Å². The summed E-state index contributed by atoms with van der Waals surface area (Å²) in [7, 11) is 0. The van der Waals surface area contributed by atoms with Crippen LogP contribution in [-0.2, 0) is 6.54 Å². The third kappa shape index (κ3) is 3.62.